The van der Waals surface area contributed by atoms with Crippen molar-refractivity contribution in [1.29, 1.82) is 0 Å². The molecule has 8 heteroatoms. The van der Waals surface area contributed by atoms with E-state index in [-0.39, 0.29) is 22.8 Å². The van der Waals surface area contributed by atoms with Crippen molar-refractivity contribution < 1.29 is 14.0 Å². The lowest BCUT2D eigenvalue weighted by Gasteiger charge is -2.16. The number of hydrogen-bond acceptors (Lipinski definition) is 4. The minimum atomic E-state index is -0.817. The fraction of sp³-hybridized carbons (Fsp3) is 0.231. The first-order chi connectivity index (χ1) is 10.0. The van der Waals surface area contributed by atoms with Crippen molar-refractivity contribution in [2.24, 2.45) is 0 Å². The Balaban J connectivity index is 2.08. The van der Waals surface area contributed by atoms with E-state index < -0.39 is 17.5 Å². The molecule has 0 atom stereocenters. The Morgan fingerprint density at radius 3 is 2.81 bits per heavy atom. The number of hydrogen-bond donors (Lipinski definition) is 0. The van der Waals surface area contributed by atoms with E-state index in [0.29, 0.717) is 12.4 Å². The fourth-order valence-electron chi connectivity index (χ4n) is 2.32. The molecule has 108 valence electrons. The summed E-state index contributed by atoms with van der Waals surface area (Å²) >= 11 is 5.91. The van der Waals surface area contributed by atoms with Crippen molar-refractivity contribution in [1.82, 2.24) is 14.8 Å². The Morgan fingerprint density at radius 1 is 1.33 bits per heavy atom. The van der Waals surface area contributed by atoms with Crippen LogP contribution in [-0.2, 0) is 17.9 Å². The molecule has 2 aromatic rings. The van der Waals surface area contributed by atoms with Gasteiger partial charge in [0.1, 0.15) is 18.0 Å². The van der Waals surface area contributed by atoms with Gasteiger partial charge >= 0.3 is 0 Å². The quantitative estimate of drug-likeness (QED) is 0.811. The number of halogens is 2. The van der Waals surface area contributed by atoms with Gasteiger partial charge in [0.15, 0.2) is 0 Å². The van der Waals surface area contributed by atoms with Gasteiger partial charge in [-0.3, -0.25) is 14.5 Å². The van der Waals surface area contributed by atoms with Crippen LogP contribution >= 0.6 is 11.6 Å². The first-order valence-electron chi connectivity index (χ1n) is 6.25. The van der Waals surface area contributed by atoms with Crippen LogP contribution in [-0.4, -0.2) is 26.5 Å². The molecule has 0 radical (unpaired) electrons. The third-order valence-corrected chi connectivity index (χ3v) is 3.62. The van der Waals surface area contributed by atoms with E-state index in [1.165, 1.54) is 12.4 Å². The lowest BCUT2D eigenvalue weighted by molar-refractivity contribution is -0.114. The molecule has 0 aliphatic carbocycles. The number of carbonyl (C=O) groups is 2. The topological polar surface area (TPSA) is 68.1 Å². The summed E-state index contributed by atoms with van der Waals surface area (Å²) in [6, 6.07) is 2.39. The Kier molecular flexibility index (Phi) is 3.21. The van der Waals surface area contributed by atoms with Crippen LogP contribution in [0.1, 0.15) is 23.1 Å². The maximum atomic E-state index is 14.0. The predicted octanol–water partition coefficient (Wildman–Crippen LogP) is 1.82. The Labute approximate surface area is 124 Å². The van der Waals surface area contributed by atoms with Crippen molar-refractivity contribution in [2.45, 2.75) is 20.0 Å². The minimum Gasteiger partial charge on any atom is -0.294 e. The third-order valence-electron chi connectivity index (χ3n) is 3.31. The molecular weight excluding hydrogens is 299 g/mol. The van der Waals surface area contributed by atoms with Gasteiger partial charge in [0, 0.05) is 6.54 Å². The average molecular weight is 309 g/mol. The highest BCUT2D eigenvalue weighted by molar-refractivity contribution is 6.55. The van der Waals surface area contributed by atoms with Crippen molar-refractivity contribution in [3.63, 3.8) is 0 Å². The molecule has 1 aromatic carbocycles. The first kappa shape index (κ1) is 13.7. The number of anilines is 1. The summed E-state index contributed by atoms with van der Waals surface area (Å²) in [6.45, 7) is 2.37. The lowest BCUT2D eigenvalue weighted by atomic mass is 10.1. The number of carbonyl (C=O) groups excluding carboxylic acids is 2. The van der Waals surface area contributed by atoms with Crippen LogP contribution in [0.2, 0.25) is 5.02 Å². The van der Waals surface area contributed by atoms with Crippen LogP contribution in [0.25, 0.3) is 0 Å². The van der Waals surface area contributed by atoms with Gasteiger partial charge in [0.25, 0.3) is 11.7 Å². The van der Waals surface area contributed by atoms with Crippen LogP contribution in [0, 0.1) is 5.82 Å². The molecule has 2 heterocycles. The summed E-state index contributed by atoms with van der Waals surface area (Å²) in [4.78, 5) is 29.1. The van der Waals surface area contributed by atoms with E-state index in [9.17, 15) is 14.0 Å². The molecule has 0 fully saturated rings. The van der Waals surface area contributed by atoms with E-state index in [2.05, 4.69) is 10.1 Å². The fourth-order valence-corrected chi connectivity index (χ4v) is 2.56. The van der Waals surface area contributed by atoms with E-state index >= 15 is 0 Å². The zero-order chi connectivity index (χ0) is 15.1. The van der Waals surface area contributed by atoms with Gasteiger partial charge < -0.3 is 0 Å². The molecule has 0 saturated carbocycles. The van der Waals surface area contributed by atoms with Crippen LogP contribution in [0.3, 0.4) is 0 Å². The highest BCUT2D eigenvalue weighted by Gasteiger charge is 2.40. The van der Waals surface area contributed by atoms with Gasteiger partial charge in [0.2, 0.25) is 0 Å². The number of benzene rings is 1. The monoisotopic (exact) mass is 308 g/mol. The molecule has 3 rings (SSSR count). The molecule has 1 aliphatic heterocycles. The third kappa shape index (κ3) is 2.01. The smallest absolute Gasteiger partial charge is 0.294 e. The van der Waals surface area contributed by atoms with Gasteiger partial charge in [-0.1, -0.05) is 11.6 Å². The molecule has 1 aromatic heterocycles. The van der Waals surface area contributed by atoms with Crippen LogP contribution in [0.4, 0.5) is 10.1 Å². The Hall–Kier alpha value is -2.28. The number of rotatable bonds is 3. The van der Waals surface area contributed by atoms with E-state index in [0.717, 1.165) is 11.0 Å². The summed E-state index contributed by atoms with van der Waals surface area (Å²) in [6.07, 6.45) is 1.34. The zero-order valence-electron chi connectivity index (χ0n) is 11.0. The largest absolute Gasteiger partial charge is 0.300 e. The van der Waals surface area contributed by atoms with E-state index in [1.807, 2.05) is 6.92 Å². The van der Waals surface area contributed by atoms with Crippen molar-refractivity contribution in [3.05, 3.63) is 40.7 Å². The molecule has 0 unspecified atom stereocenters. The van der Waals surface area contributed by atoms with Gasteiger partial charge in [0.05, 0.1) is 22.8 Å². The standard InChI is InChI=1S/C13H10ClFN4O2/c1-2-19-9(16-6-17-19)5-18-11-8(15)4-3-7(14)10(11)12(20)13(18)21/h3-4,6H,2,5H2,1H3. The summed E-state index contributed by atoms with van der Waals surface area (Å²) in [5.41, 5.74) is -0.188. The molecule has 1 amide bonds. The highest BCUT2D eigenvalue weighted by Crippen LogP contribution is 2.37. The summed E-state index contributed by atoms with van der Waals surface area (Å²) in [7, 11) is 0. The molecule has 0 spiro atoms. The molecule has 1 aliphatic rings. The van der Waals surface area contributed by atoms with Crippen molar-refractivity contribution >= 4 is 29.0 Å². The molecular formula is C13H10ClFN4O2. The second-order valence-electron chi connectivity index (χ2n) is 4.47. The highest BCUT2D eigenvalue weighted by atomic mass is 35.5. The number of amides is 1. The second kappa shape index (κ2) is 4.92. The maximum Gasteiger partial charge on any atom is 0.300 e. The number of nitrogens with zero attached hydrogens (tertiary/aromatic N) is 4. The molecule has 0 saturated heterocycles. The lowest BCUT2D eigenvalue weighted by Crippen LogP contribution is -2.31. The van der Waals surface area contributed by atoms with Gasteiger partial charge in [-0.2, -0.15) is 5.10 Å². The number of fused-ring (bicyclic) bond motifs is 1. The van der Waals surface area contributed by atoms with E-state index in [4.69, 9.17) is 11.6 Å². The summed E-state index contributed by atoms with van der Waals surface area (Å²) in [5, 5.41) is 4.04. The van der Waals surface area contributed by atoms with Crippen LogP contribution < -0.4 is 4.90 Å². The SMILES string of the molecule is CCn1ncnc1CN1C(=O)C(=O)c2c(Cl)ccc(F)c21. The predicted molar refractivity (Wildman–Crippen MR) is 72.6 cm³/mol. The Morgan fingerprint density at radius 2 is 2.10 bits per heavy atom. The van der Waals surface area contributed by atoms with Gasteiger partial charge in [-0.05, 0) is 19.1 Å². The maximum absolute atomic E-state index is 14.0. The average Bonchev–Trinajstić information content (AvgIpc) is 3.02. The molecule has 6 nitrogen and oxygen atoms in total. The minimum absolute atomic E-state index is 0.0390. The molecule has 21 heavy (non-hydrogen) atoms. The van der Waals surface area contributed by atoms with E-state index in [1.54, 1.807) is 4.68 Å². The van der Waals surface area contributed by atoms with Gasteiger partial charge in [-0.15, -0.1) is 0 Å². The zero-order valence-corrected chi connectivity index (χ0v) is 11.8. The van der Waals surface area contributed by atoms with Crippen LogP contribution in [0.5, 0.6) is 0 Å². The number of ketones is 1. The molecule has 0 bridgehead atoms. The van der Waals surface area contributed by atoms with Crippen LogP contribution in [0.15, 0.2) is 18.5 Å². The second-order valence-corrected chi connectivity index (χ2v) is 4.87. The molecule has 0 N–H and O–H groups in total. The van der Waals surface area contributed by atoms with Gasteiger partial charge in [-0.25, -0.2) is 14.1 Å². The number of aromatic nitrogens is 3. The number of aryl methyl sites for hydroxylation is 1. The first-order valence-corrected chi connectivity index (χ1v) is 6.63. The van der Waals surface area contributed by atoms with Crippen molar-refractivity contribution in [2.75, 3.05) is 4.90 Å². The van der Waals surface area contributed by atoms with Crippen molar-refractivity contribution in [3.8, 4) is 0 Å². The summed E-state index contributed by atoms with van der Waals surface area (Å²) < 4.78 is 15.6. The number of Topliss-reactive ketones (excluding diaryl/α,β-unsaturated/α-hetero) is 1. The normalized spacial score (nSPS) is 14.0. The summed E-state index contributed by atoms with van der Waals surface area (Å²) in [5.74, 6) is -1.83. The Bertz CT molecular complexity index is 759.